The van der Waals surface area contributed by atoms with Crippen LogP contribution in [0.4, 0.5) is 10.8 Å². The summed E-state index contributed by atoms with van der Waals surface area (Å²) in [7, 11) is 0. The minimum absolute atomic E-state index is 0.0183. The number of anilines is 2. The molecule has 25 heavy (non-hydrogen) atoms. The van der Waals surface area contributed by atoms with Gasteiger partial charge in [-0.05, 0) is 31.0 Å². The molecule has 2 N–H and O–H groups in total. The molecule has 3 amide bonds. The molecule has 2 heterocycles. The Kier molecular flexibility index (Phi) is 5.08. The van der Waals surface area contributed by atoms with E-state index in [2.05, 4.69) is 15.6 Å². The third-order valence-corrected chi connectivity index (χ3v) is 4.54. The van der Waals surface area contributed by atoms with E-state index in [4.69, 9.17) is 0 Å². The number of carbonyl (C=O) groups is 3. The molecule has 1 saturated heterocycles. The van der Waals surface area contributed by atoms with Crippen LogP contribution in [0.15, 0.2) is 29.6 Å². The summed E-state index contributed by atoms with van der Waals surface area (Å²) in [4.78, 5) is 41.6. The smallest absolute Gasteiger partial charge is 0.275 e. The first-order chi connectivity index (χ1) is 12.0. The molecule has 1 fully saturated rings. The van der Waals surface area contributed by atoms with Crippen molar-refractivity contribution in [2.75, 3.05) is 23.7 Å². The Balaban J connectivity index is 1.69. The molecule has 3 rings (SSSR count). The van der Waals surface area contributed by atoms with Crippen LogP contribution in [0.1, 0.15) is 40.6 Å². The van der Waals surface area contributed by atoms with Crippen LogP contribution in [-0.2, 0) is 4.79 Å². The largest absolute Gasteiger partial charge is 0.339 e. The average molecular weight is 358 g/mol. The molecule has 2 aromatic rings. The van der Waals surface area contributed by atoms with Crippen molar-refractivity contribution < 1.29 is 14.4 Å². The van der Waals surface area contributed by atoms with Crippen molar-refractivity contribution >= 4 is 39.9 Å². The van der Waals surface area contributed by atoms with E-state index in [1.165, 1.54) is 18.3 Å². The highest BCUT2D eigenvalue weighted by Gasteiger charge is 2.20. The zero-order valence-electron chi connectivity index (χ0n) is 13.7. The molecule has 1 aliphatic rings. The van der Waals surface area contributed by atoms with Crippen LogP contribution in [0.3, 0.4) is 0 Å². The van der Waals surface area contributed by atoms with Gasteiger partial charge >= 0.3 is 0 Å². The van der Waals surface area contributed by atoms with Crippen LogP contribution in [0.25, 0.3) is 0 Å². The summed E-state index contributed by atoms with van der Waals surface area (Å²) in [6, 6.07) is 6.87. The first-order valence-electron chi connectivity index (χ1n) is 7.97. The summed E-state index contributed by atoms with van der Waals surface area (Å²) in [6.07, 6.45) is 2.06. The first kappa shape index (κ1) is 17.1. The SMILES string of the molecule is CC(=O)Nc1nc(C(=O)Nc2cccc(C(=O)N3CCCC3)c2)cs1. The second-order valence-corrected chi connectivity index (χ2v) is 6.61. The number of carbonyl (C=O) groups excluding carboxylic acids is 3. The van der Waals surface area contributed by atoms with Crippen molar-refractivity contribution in [1.29, 1.82) is 0 Å². The lowest BCUT2D eigenvalue weighted by Crippen LogP contribution is -2.27. The van der Waals surface area contributed by atoms with Crippen LogP contribution in [0.5, 0.6) is 0 Å². The third kappa shape index (κ3) is 4.21. The van der Waals surface area contributed by atoms with Gasteiger partial charge in [-0.1, -0.05) is 6.07 Å². The molecular weight excluding hydrogens is 340 g/mol. The van der Waals surface area contributed by atoms with Crippen LogP contribution in [0.2, 0.25) is 0 Å². The molecule has 0 bridgehead atoms. The Morgan fingerprint density at radius 3 is 2.64 bits per heavy atom. The number of nitrogens with one attached hydrogen (secondary N) is 2. The second kappa shape index (κ2) is 7.43. The van der Waals surface area contributed by atoms with Gasteiger partial charge in [-0.25, -0.2) is 4.98 Å². The number of hydrogen-bond donors (Lipinski definition) is 2. The van der Waals surface area contributed by atoms with E-state index in [1.54, 1.807) is 29.6 Å². The number of likely N-dealkylation sites (tertiary alicyclic amines) is 1. The number of benzene rings is 1. The van der Waals surface area contributed by atoms with Crippen molar-refractivity contribution in [3.63, 3.8) is 0 Å². The highest BCUT2D eigenvalue weighted by Crippen LogP contribution is 2.19. The number of nitrogens with zero attached hydrogens (tertiary/aromatic N) is 2. The number of thiazole rings is 1. The molecule has 1 aromatic carbocycles. The molecule has 130 valence electrons. The maximum Gasteiger partial charge on any atom is 0.275 e. The van der Waals surface area contributed by atoms with E-state index < -0.39 is 5.91 Å². The molecular formula is C17H18N4O3S. The number of hydrogen-bond acceptors (Lipinski definition) is 5. The van der Waals surface area contributed by atoms with Crippen molar-refractivity contribution in [2.24, 2.45) is 0 Å². The number of rotatable bonds is 4. The number of amides is 3. The molecule has 0 atom stereocenters. The van der Waals surface area contributed by atoms with Gasteiger partial charge in [0.25, 0.3) is 11.8 Å². The van der Waals surface area contributed by atoms with E-state index in [-0.39, 0.29) is 17.5 Å². The summed E-state index contributed by atoms with van der Waals surface area (Å²) in [6.45, 7) is 2.93. The van der Waals surface area contributed by atoms with Gasteiger partial charge in [0, 0.05) is 36.6 Å². The van der Waals surface area contributed by atoms with E-state index >= 15 is 0 Å². The summed E-state index contributed by atoms with van der Waals surface area (Å²) in [5.41, 5.74) is 1.30. The molecule has 8 heteroatoms. The summed E-state index contributed by atoms with van der Waals surface area (Å²) in [5.74, 6) is -0.650. The quantitative estimate of drug-likeness (QED) is 0.879. The topological polar surface area (TPSA) is 91.4 Å². The summed E-state index contributed by atoms with van der Waals surface area (Å²) < 4.78 is 0. The van der Waals surface area contributed by atoms with Gasteiger partial charge in [-0.3, -0.25) is 14.4 Å². The van der Waals surface area contributed by atoms with E-state index in [1.807, 2.05) is 4.90 Å². The van der Waals surface area contributed by atoms with Crippen LogP contribution in [-0.4, -0.2) is 40.7 Å². The fraction of sp³-hybridized carbons (Fsp3) is 0.294. The Labute approximate surface area is 149 Å². The molecule has 1 aliphatic heterocycles. The highest BCUT2D eigenvalue weighted by molar-refractivity contribution is 7.14. The maximum absolute atomic E-state index is 12.4. The van der Waals surface area contributed by atoms with Crippen molar-refractivity contribution in [1.82, 2.24) is 9.88 Å². The van der Waals surface area contributed by atoms with Crippen molar-refractivity contribution in [2.45, 2.75) is 19.8 Å². The Morgan fingerprint density at radius 2 is 1.92 bits per heavy atom. The minimum atomic E-state index is -0.390. The predicted molar refractivity (Wildman–Crippen MR) is 96.0 cm³/mol. The van der Waals surface area contributed by atoms with Crippen LogP contribution >= 0.6 is 11.3 Å². The van der Waals surface area contributed by atoms with E-state index in [0.717, 1.165) is 25.9 Å². The summed E-state index contributed by atoms with van der Waals surface area (Å²) >= 11 is 1.18. The molecule has 1 aromatic heterocycles. The summed E-state index contributed by atoms with van der Waals surface area (Å²) in [5, 5.41) is 7.21. The Morgan fingerprint density at radius 1 is 1.16 bits per heavy atom. The zero-order valence-corrected chi connectivity index (χ0v) is 14.6. The molecule has 0 spiro atoms. The molecule has 0 radical (unpaired) electrons. The molecule has 0 saturated carbocycles. The Bertz CT molecular complexity index is 812. The van der Waals surface area contributed by atoms with E-state index in [0.29, 0.717) is 16.4 Å². The molecule has 7 nitrogen and oxygen atoms in total. The third-order valence-electron chi connectivity index (χ3n) is 3.78. The fourth-order valence-electron chi connectivity index (χ4n) is 2.61. The van der Waals surface area contributed by atoms with Crippen molar-refractivity contribution in [3.8, 4) is 0 Å². The Hall–Kier alpha value is -2.74. The van der Waals surface area contributed by atoms with Gasteiger partial charge in [-0.15, -0.1) is 11.3 Å². The standard InChI is InChI=1S/C17H18N4O3S/c1-11(22)18-17-20-14(10-25-17)15(23)19-13-6-4-5-12(9-13)16(24)21-7-2-3-8-21/h4-6,9-10H,2-3,7-8H2,1H3,(H,19,23)(H,18,20,22). The monoisotopic (exact) mass is 358 g/mol. The predicted octanol–water partition coefficient (Wildman–Crippen LogP) is 2.59. The van der Waals surface area contributed by atoms with Gasteiger partial charge in [-0.2, -0.15) is 0 Å². The van der Waals surface area contributed by atoms with Crippen LogP contribution < -0.4 is 10.6 Å². The zero-order chi connectivity index (χ0) is 17.8. The van der Waals surface area contributed by atoms with Crippen molar-refractivity contribution in [3.05, 3.63) is 40.9 Å². The molecule has 0 aliphatic carbocycles. The van der Waals surface area contributed by atoms with E-state index in [9.17, 15) is 14.4 Å². The first-order valence-corrected chi connectivity index (χ1v) is 8.85. The lowest BCUT2D eigenvalue weighted by Gasteiger charge is -2.15. The lowest BCUT2D eigenvalue weighted by atomic mass is 10.1. The molecule has 0 unspecified atom stereocenters. The average Bonchev–Trinajstić information content (AvgIpc) is 3.25. The van der Waals surface area contributed by atoms with Gasteiger partial charge in [0.05, 0.1) is 0 Å². The van der Waals surface area contributed by atoms with Gasteiger partial charge < -0.3 is 15.5 Å². The lowest BCUT2D eigenvalue weighted by molar-refractivity contribution is -0.114. The fourth-order valence-corrected chi connectivity index (χ4v) is 3.35. The van der Waals surface area contributed by atoms with Gasteiger partial charge in [0.1, 0.15) is 5.69 Å². The van der Waals surface area contributed by atoms with Crippen LogP contribution in [0, 0.1) is 0 Å². The second-order valence-electron chi connectivity index (χ2n) is 5.75. The van der Waals surface area contributed by atoms with Gasteiger partial charge in [0.2, 0.25) is 5.91 Å². The maximum atomic E-state index is 12.4. The normalized spacial score (nSPS) is 13.6. The van der Waals surface area contributed by atoms with Gasteiger partial charge in [0.15, 0.2) is 5.13 Å². The number of aromatic nitrogens is 1. The minimum Gasteiger partial charge on any atom is -0.339 e. The highest BCUT2D eigenvalue weighted by atomic mass is 32.1.